The highest BCUT2D eigenvalue weighted by molar-refractivity contribution is 6.08. The third kappa shape index (κ3) is 2.44. The number of nitrogens with zero attached hydrogens (tertiary/aromatic N) is 1. The van der Waals surface area contributed by atoms with E-state index in [1.807, 2.05) is 0 Å². The first kappa shape index (κ1) is 12.7. The Labute approximate surface area is 109 Å². The number of benzene rings is 1. The van der Waals surface area contributed by atoms with E-state index < -0.39 is 5.91 Å². The van der Waals surface area contributed by atoms with Crippen LogP contribution in [0.2, 0.25) is 0 Å². The SMILES string of the molecule is COc1cccc(OC)c1C(=O)Nc1[nH]ncc1N. The van der Waals surface area contributed by atoms with Gasteiger partial charge in [0.15, 0.2) is 5.82 Å². The maximum absolute atomic E-state index is 12.2. The first-order chi connectivity index (χ1) is 9.17. The molecule has 1 amide bonds. The normalized spacial score (nSPS) is 10.0. The van der Waals surface area contributed by atoms with Crippen LogP contribution < -0.4 is 20.5 Å². The van der Waals surface area contributed by atoms with Gasteiger partial charge in [0.1, 0.15) is 17.1 Å². The van der Waals surface area contributed by atoms with Crippen molar-refractivity contribution in [3.05, 3.63) is 30.0 Å². The van der Waals surface area contributed by atoms with Crippen molar-refractivity contribution < 1.29 is 14.3 Å². The van der Waals surface area contributed by atoms with Crippen molar-refractivity contribution in [3.8, 4) is 11.5 Å². The second kappa shape index (κ2) is 5.30. The number of amides is 1. The summed E-state index contributed by atoms with van der Waals surface area (Å²) in [7, 11) is 2.96. The van der Waals surface area contributed by atoms with Gasteiger partial charge in [0.05, 0.1) is 26.1 Å². The number of ether oxygens (including phenoxy) is 2. The average molecular weight is 262 g/mol. The van der Waals surface area contributed by atoms with Crippen LogP contribution in [0.4, 0.5) is 11.5 Å². The molecule has 7 nitrogen and oxygen atoms in total. The van der Waals surface area contributed by atoms with Crippen molar-refractivity contribution in [2.45, 2.75) is 0 Å². The predicted molar refractivity (Wildman–Crippen MR) is 70.5 cm³/mol. The van der Waals surface area contributed by atoms with Gasteiger partial charge in [0, 0.05) is 0 Å². The number of anilines is 2. The molecule has 0 radical (unpaired) electrons. The molecule has 0 spiro atoms. The van der Waals surface area contributed by atoms with Crippen molar-refractivity contribution in [1.82, 2.24) is 10.2 Å². The number of nitrogens with one attached hydrogen (secondary N) is 2. The van der Waals surface area contributed by atoms with E-state index in [1.54, 1.807) is 18.2 Å². The molecule has 0 saturated carbocycles. The minimum absolute atomic E-state index is 0.293. The number of H-pyrrole nitrogens is 1. The summed E-state index contributed by atoms with van der Waals surface area (Å²) in [4.78, 5) is 12.2. The molecule has 0 aliphatic heterocycles. The molecular weight excluding hydrogens is 248 g/mol. The second-order valence-electron chi connectivity index (χ2n) is 3.69. The Bertz CT molecular complexity index is 572. The van der Waals surface area contributed by atoms with Gasteiger partial charge in [0.25, 0.3) is 5.91 Å². The van der Waals surface area contributed by atoms with E-state index in [0.29, 0.717) is 28.6 Å². The molecule has 2 aromatic rings. The highest BCUT2D eigenvalue weighted by Crippen LogP contribution is 2.29. The largest absolute Gasteiger partial charge is 0.496 e. The number of methoxy groups -OCH3 is 2. The maximum atomic E-state index is 12.2. The zero-order valence-electron chi connectivity index (χ0n) is 10.6. The van der Waals surface area contributed by atoms with E-state index in [-0.39, 0.29) is 0 Å². The summed E-state index contributed by atoms with van der Waals surface area (Å²) in [6.07, 6.45) is 1.41. The number of carbonyl (C=O) groups is 1. The molecule has 0 saturated heterocycles. The molecule has 1 heterocycles. The number of nitrogens with two attached hydrogens (primary N) is 1. The first-order valence-electron chi connectivity index (χ1n) is 5.48. The molecule has 7 heteroatoms. The van der Waals surface area contributed by atoms with Crippen LogP contribution in [-0.4, -0.2) is 30.3 Å². The average Bonchev–Trinajstić information content (AvgIpc) is 2.83. The number of aromatic nitrogens is 2. The fraction of sp³-hybridized carbons (Fsp3) is 0.167. The molecule has 100 valence electrons. The van der Waals surface area contributed by atoms with Crippen molar-refractivity contribution in [1.29, 1.82) is 0 Å². The van der Waals surface area contributed by atoms with Gasteiger partial charge >= 0.3 is 0 Å². The standard InChI is InChI=1S/C12H14N4O3/c1-18-8-4-3-5-9(19-2)10(8)12(17)15-11-7(13)6-14-16-11/h3-6H,13H2,1-2H3,(H2,14,15,16,17). The van der Waals surface area contributed by atoms with Gasteiger partial charge in [-0.1, -0.05) is 6.07 Å². The highest BCUT2D eigenvalue weighted by Gasteiger charge is 2.19. The van der Waals surface area contributed by atoms with Gasteiger partial charge in [0.2, 0.25) is 0 Å². The van der Waals surface area contributed by atoms with Gasteiger partial charge in [-0.2, -0.15) is 5.10 Å². The molecule has 1 aromatic heterocycles. The fourth-order valence-corrected chi connectivity index (χ4v) is 1.65. The van der Waals surface area contributed by atoms with Crippen LogP contribution in [0.15, 0.2) is 24.4 Å². The van der Waals surface area contributed by atoms with E-state index in [4.69, 9.17) is 15.2 Å². The first-order valence-corrected chi connectivity index (χ1v) is 5.48. The topological polar surface area (TPSA) is 102 Å². The Balaban J connectivity index is 2.35. The van der Waals surface area contributed by atoms with Gasteiger partial charge < -0.3 is 20.5 Å². The highest BCUT2D eigenvalue weighted by atomic mass is 16.5. The van der Waals surface area contributed by atoms with E-state index in [9.17, 15) is 4.79 Å². The molecule has 19 heavy (non-hydrogen) atoms. The summed E-state index contributed by atoms with van der Waals surface area (Å²) >= 11 is 0. The summed E-state index contributed by atoms with van der Waals surface area (Å²) in [5, 5.41) is 8.93. The lowest BCUT2D eigenvalue weighted by atomic mass is 10.1. The predicted octanol–water partition coefficient (Wildman–Crippen LogP) is 1.26. The Kier molecular flexibility index (Phi) is 3.56. The molecule has 0 aliphatic rings. The maximum Gasteiger partial charge on any atom is 0.264 e. The summed E-state index contributed by atoms with van der Waals surface area (Å²) in [5.41, 5.74) is 6.28. The summed E-state index contributed by atoms with van der Waals surface area (Å²) < 4.78 is 10.3. The Morgan fingerprint density at radius 2 is 1.95 bits per heavy atom. The van der Waals surface area contributed by atoms with Crippen molar-refractivity contribution in [3.63, 3.8) is 0 Å². The lowest BCUT2D eigenvalue weighted by Crippen LogP contribution is -2.15. The summed E-state index contributed by atoms with van der Waals surface area (Å²) in [6, 6.07) is 5.08. The molecule has 0 atom stereocenters. The quantitative estimate of drug-likeness (QED) is 0.769. The number of nitrogen functional groups attached to an aromatic ring is 1. The van der Waals surface area contributed by atoms with Crippen LogP contribution >= 0.6 is 0 Å². The molecule has 0 bridgehead atoms. The number of aromatic amines is 1. The van der Waals surface area contributed by atoms with E-state index in [1.165, 1.54) is 20.4 Å². The van der Waals surface area contributed by atoms with Crippen LogP contribution in [0.5, 0.6) is 11.5 Å². The number of hydrogen-bond acceptors (Lipinski definition) is 5. The van der Waals surface area contributed by atoms with Crippen LogP contribution in [0, 0.1) is 0 Å². The van der Waals surface area contributed by atoms with Crippen LogP contribution in [0.3, 0.4) is 0 Å². The molecule has 0 aliphatic carbocycles. The van der Waals surface area contributed by atoms with Gasteiger partial charge in [-0.3, -0.25) is 9.89 Å². The summed E-state index contributed by atoms with van der Waals surface area (Å²) in [6.45, 7) is 0. The monoisotopic (exact) mass is 262 g/mol. The van der Waals surface area contributed by atoms with Gasteiger partial charge in [-0.05, 0) is 12.1 Å². The van der Waals surface area contributed by atoms with Gasteiger partial charge in [-0.15, -0.1) is 0 Å². The second-order valence-corrected chi connectivity index (χ2v) is 3.69. The lowest BCUT2D eigenvalue weighted by molar-refractivity contribution is 0.102. The van der Waals surface area contributed by atoms with E-state index >= 15 is 0 Å². The minimum atomic E-state index is -0.398. The summed E-state index contributed by atoms with van der Waals surface area (Å²) in [5.74, 6) is 0.757. The lowest BCUT2D eigenvalue weighted by Gasteiger charge is -2.12. The van der Waals surface area contributed by atoms with Crippen molar-refractivity contribution >= 4 is 17.4 Å². The van der Waals surface area contributed by atoms with E-state index in [0.717, 1.165) is 0 Å². The zero-order chi connectivity index (χ0) is 13.8. The van der Waals surface area contributed by atoms with Crippen molar-refractivity contribution in [2.75, 3.05) is 25.3 Å². The Morgan fingerprint density at radius 1 is 1.32 bits per heavy atom. The van der Waals surface area contributed by atoms with Crippen LogP contribution in [0.1, 0.15) is 10.4 Å². The fourth-order valence-electron chi connectivity index (χ4n) is 1.65. The minimum Gasteiger partial charge on any atom is -0.496 e. The molecular formula is C12H14N4O3. The van der Waals surface area contributed by atoms with E-state index in [2.05, 4.69) is 15.5 Å². The molecule has 0 unspecified atom stereocenters. The van der Waals surface area contributed by atoms with Crippen LogP contribution in [0.25, 0.3) is 0 Å². The molecule has 1 aromatic carbocycles. The number of rotatable bonds is 4. The van der Waals surface area contributed by atoms with Crippen LogP contribution in [-0.2, 0) is 0 Å². The van der Waals surface area contributed by atoms with Gasteiger partial charge in [-0.25, -0.2) is 0 Å². The Hall–Kier alpha value is -2.70. The molecule has 2 rings (SSSR count). The number of hydrogen-bond donors (Lipinski definition) is 3. The molecule has 0 fully saturated rings. The Morgan fingerprint density at radius 3 is 2.42 bits per heavy atom. The van der Waals surface area contributed by atoms with Crippen molar-refractivity contribution in [2.24, 2.45) is 0 Å². The smallest absolute Gasteiger partial charge is 0.264 e. The number of carbonyl (C=O) groups excluding carboxylic acids is 1. The zero-order valence-corrected chi connectivity index (χ0v) is 10.6. The third-order valence-electron chi connectivity index (χ3n) is 2.56. The molecule has 4 N–H and O–H groups in total. The third-order valence-corrected chi connectivity index (χ3v) is 2.56.